The summed E-state index contributed by atoms with van der Waals surface area (Å²) in [6, 6.07) is 19.0. The fourth-order valence-corrected chi connectivity index (χ4v) is 3.30. The fraction of sp³-hybridized carbons (Fsp3) is 0.381. The molecule has 1 fully saturated rings. The standard InChI is InChI=1S/C21H25NO/c1-2-17-9-11-18(12-10-17)13-14-20(23)22-21(15-6-16-21)19-7-4-3-5-8-19/h3-5,7-12H,2,6,13-16H2,1H3,(H,22,23). The van der Waals surface area contributed by atoms with Gasteiger partial charge in [-0.1, -0.05) is 61.5 Å². The van der Waals surface area contributed by atoms with Gasteiger partial charge < -0.3 is 5.32 Å². The highest BCUT2D eigenvalue weighted by atomic mass is 16.1. The van der Waals surface area contributed by atoms with E-state index in [9.17, 15) is 4.79 Å². The molecular weight excluding hydrogens is 282 g/mol. The van der Waals surface area contributed by atoms with Gasteiger partial charge in [-0.05, 0) is 48.8 Å². The predicted molar refractivity (Wildman–Crippen MR) is 94.3 cm³/mol. The first-order chi connectivity index (χ1) is 11.2. The number of carbonyl (C=O) groups is 1. The summed E-state index contributed by atoms with van der Waals surface area (Å²) >= 11 is 0. The van der Waals surface area contributed by atoms with Crippen molar-refractivity contribution in [3.8, 4) is 0 Å². The normalized spacial score (nSPS) is 15.7. The van der Waals surface area contributed by atoms with E-state index in [2.05, 4.69) is 60.8 Å². The average Bonchev–Trinajstić information content (AvgIpc) is 2.57. The summed E-state index contributed by atoms with van der Waals surface area (Å²) in [5.41, 5.74) is 3.70. The van der Waals surface area contributed by atoms with Crippen molar-refractivity contribution < 1.29 is 4.79 Å². The maximum Gasteiger partial charge on any atom is 0.221 e. The lowest BCUT2D eigenvalue weighted by Crippen LogP contribution is -2.50. The summed E-state index contributed by atoms with van der Waals surface area (Å²) in [6.45, 7) is 2.16. The minimum Gasteiger partial charge on any atom is -0.347 e. The van der Waals surface area contributed by atoms with E-state index in [-0.39, 0.29) is 11.4 Å². The molecule has 1 N–H and O–H groups in total. The quantitative estimate of drug-likeness (QED) is 0.843. The van der Waals surface area contributed by atoms with Crippen LogP contribution in [0.1, 0.15) is 49.3 Å². The largest absolute Gasteiger partial charge is 0.347 e. The third-order valence-corrected chi connectivity index (χ3v) is 4.98. The van der Waals surface area contributed by atoms with Gasteiger partial charge in [-0.15, -0.1) is 0 Å². The second-order valence-electron chi connectivity index (χ2n) is 6.52. The van der Waals surface area contributed by atoms with Crippen LogP contribution in [-0.2, 0) is 23.2 Å². The molecule has 0 unspecified atom stereocenters. The van der Waals surface area contributed by atoms with Crippen molar-refractivity contribution in [1.29, 1.82) is 0 Å². The van der Waals surface area contributed by atoms with Crippen LogP contribution in [0.15, 0.2) is 54.6 Å². The highest BCUT2D eigenvalue weighted by Gasteiger charge is 2.39. The van der Waals surface area contributed by atoms with Crippen molar-refractivity contribution in [3.05, 3.63) is 71.3 Å². The van der Waals surface area contributed by atoms with E-state index in [4.69, 9.17) is 0 Å². The fourth-order valence-electron chi connectivity index (χ4n) is 3.30. The number of hydrogen-bond acceptors (Lipinski definition) is 1. The van der Waals surface area contributed by atoms with Gasteiger partial charge in [0.25, 0.3) is 0 Å². The zero-order valence-electron chi connectivity index (χ0n) is 13.8. The van der Waals surface area contributed by atoms with Crippen LogP contribution in [-0.4, -0.2) is 5.91 Å². The highest BCUT2D eigenvalue weighted by molar-refractivity contribution is 5.77. The Morgan fingerprint density at radius 2 is 1.65 bits per heavy atom. The molecule has 1 amide bonds. The minimum atomic E-state index is -0.121. The van der Waals surface area contributed by atoms with Gasteiger partial charge in [0.2, 0.25) is 5.91 Å². The molecule has 0 bridgehead atoms. The molecular formula is C21H25NO. The Labute approximate surface area is 138 Å². The van der Waals surface area contributed by atoms with E-state index in [0.29, 0.717) is 6.42 Å². The predicted octanol–water partition coefficient (Wildman–Crippen LogP) is 4.38. The number of hydrogen-bond donors (Lipinski definition) is 1. The van der Waals surface area contributed by atoms with Crippen molar-refractivity contribution in [2.45, 2.75) is 51.0 Å². The van der Waals surface area contributed by atoms with E-state index in [0.717, 1.165) is 25.7 Å². The summed E-state index contributed by atoms with van der Waals surface area (Å²) in [7, 11) is 0. The molecule has 0 heterocycles. The monoisotopic (exact) mass is 307 g/mol. The molecule has 1 aliphatic carbocycles. The summed E-state index contributed by atoms with van der Waals surface area (Å²) in [5.74, 6) is 0.160. The molecule has 0 radical (unpaired) electrons. The van der Waals surface area contributed by atoms with Crippen LogP contribution < -0.4 is 5.32 Å². The van der Waals surface area contributed by atoms with E-state index >= 15 is 0 Å². The Balaban J connectivity index is 1.58. The van der Waals surface area contributed by atoms with Gasteiger partial charge in [-0.2, -0.15) is 0 Å². The number of benzene rings is 2. The molecule has 1 aliphatic rings. The number of amides is 1. The summed E-state index contributed by atoms with van der Waals surface area (Å²) in [5, 5.41) is 3.30. The van der Waals surface area contributed by atoms with E-state index < -0.39 is 0 Å². The average molecular weight is 307 g/mol. The highest BCUT2D eigenvalue weighted by Crippen LogP contribution is 2.41. The SMILES string of the molecule is CCc1ccc(CCC(=O)NC2(c3ccccc3)CCC2)cc1. The van der Waals surface area contributed by atoms with Crippen molar-refractivity contribution in [3.63, 3.8) is 0 Å². The first-order valence-electron chi connectivity index (χ1n) is 8.66. The summed E-state index contributed by atoms with van der Waals surface area (Å²) < 4.78 is 0. The van der Waals surface area contributed by atoms with Crippen LogP contribution in [0.3, 0.4) is 0 Å². The maximum absolute atomic E-state index is 12.4. The van der Waals surface area contributed by atoms with Crippen molar-refractivity contribution in [2.24, 2.45) is 0 Å². The van der Waals surface area contributed by atoms with Gasteiger partial charge in [-0.25, -0.2) is 0 Å². The van der Waals surface area contributed by atoms with Crippen LogP contribution in [0.2, 0.25) is 0 Å². The second kappa shape index (κ2) is 6.99. The summed E-state index contributed by atoms with van der Waals surface area (Å²) in [6.07, 6.45) is 5.71. The molecule has 1 saturated carbocycles. The first kappa shape index (κ1) is 15.8. The van der Waals surface area contributed by atoms with E-state index in [1.165, 1.54) is 23.1 Å². The molecule has 2 aromatic rings. The Bertz CT molecular complexity index is 641. The lowest BCUT2D eigenvalue weighted by molar-refractivity contribution is -0.124. The third-order valence-electron chi connectivity index (χ3n) is 4.98. The second-order valence-corrected chi connectivity index (χ2v) is 6.52. The Kier molecular flexibility index (Phi) is 4.80. The van der Waals surface area contributed by atoms with E-state index in [1.807, 2.05) is 6.07 Å². The van der Waals surface area contributed by atoms with Crippen molar-refractivity contribution in [2.75, 3.05) is 0 Å². The summed E-state index contributed by atoms with van der Waals surface area (Å²) in [4.78, 5) is 12.4. The molecule has 23 heavy (non-hydrogen) atoms. The number of rotatable bonds is 6. The first-order valence-corrected chi connectivity index (χ1v) is 8.66. The van der Waals surface area contributed by atoms with Gasteiger partial charge >= 0.3 is 0 Å². The smallest absolute Gasteiger partial charge is 0.221 e. The van der Waals surface area contributed by atoms with Gasteiger partial charge in [0, 0.05) is 6.42 Å². The Morgan fingerprint density at radius 1 is 1.00 bits per heavy atom. The Morgan fingerprint density at radius 3 is 2.22 bits per heavy atom. The van der Waals surface area contributed by atoms with Crippen LogP contribution in [0.25, 0.3) is 0 Å². The molecule has 0 spiro atoms. The van der Waals surface area contributed by atoms with Crippen LogP contribution in [0.5, 0.6) is 0 Å². The van der Waals surface area contributed by atoms with Crippen LogP contribution >= 0.6 is 0 Å². The van der Waals surface area contributed by atoms with Crippen molar-refractivity contribution in [1.82, 2.24) is 5.32 Å². The van der Waals surface area contributed by atoms with E-state index in [1.54, 1.807) is 0 Å². The molecule has 120 valence electrons. The lowest BCUT2D eigenvalue weighted by Gasteiger charge is -2.43. The molecule has 2 nitrogen and oxygen atoms in total. The zero-order valence-corrected chi connectivity index (χ0v) is 13.8. The zero-order chi connectivity index (χ0) is 16.1. The molecule has 2 aromatic carbocycles. The molecule has 2 heteroatoms. The van der Waals surface area contributed by atoms with Gasteiger partial charge in [0.05, 0.1) is 5.54 Å². The van der Waals surface area contributed by atoms with Gasteiger partial charge in [-0.3, -0.25) is 4.79 Å². The van der Waals surface area contributed by atoms with Crippen LogP contribution in [0, 0.1) is 0 Å². The van der Waals surface area contributed by atoms with Crippen molar-refractivity contribution >= 4 is 5.91 Å². The minimum absolute atomic E-state index is 0.121. The van der Waals surface area contributed by atoms with Gasteiger partial charge in [0.1, 0.15) is 0 Å². The molecule has 0 aromatic heterocycles. The van der Waals surface area contributed by atoms with Gasteiger partial charge in [0.15, 0.2) is 0 Å². The molecule has 3 rings (SSSR count). The molecule has 0 aliphatic heterocycles. The number of nitrogens with one attached hydrogen (secondary N) is 1. The maximum atomic E-state index is 12.4. The lowest BCUT2D eigenvalue weighted by atomic mass is 9.71. The molecule has 0 saturated heterocycles. The van der Waals surface area contributed by atoms with Crippen LogP contribution in [0.4, 0.5) is 0 Å². The third kappa shape index (κ3) is 3.64. The Hall–Kier alpha value is -2.09. The molecule has 0 atom stereocenters. The number of aryl methyl sites for hydroxylation is 2. The topological polar surface area (TPSA) is 29.1 Å². The number of carbonyl (C=O) groups excluding carboxylic acids is 1.